The molecule has 0 fully saturated rings. The molecule has 1 aliphatic rings. The Labute approximate surface area is 87.3 Å². The summed E-state index contributed by atoms with van der Waals surface area (Å²) in [7, 11) is 1.30. The first-order valence-corrected chi connectivity index (χ1v) is 5.06. The quantitative estimate of drug-likeness (QED) is 0.700. The maximum absolute atomic E-state index is 11.5. The number of H-pyrrole nitrogens is 1. The number of carbonyl (C=O) groups is 1. The van der Waals surface area contributed by atoms with Gasteiger partial charge in [0.2, 0.25) is 0 Å². The van der Waals surface area contributed by atoms with Crippen LogP contribution >= 0.6 is 0 Å². The van der Waals surface area contributed by atoms with Crippen LogP contribution in [0, 0.1) is 0 Å². The first-order chi connectivity index (χ1) is 7.24. The van der Waals surface area contributed by atoms with Gasteiger partial charge in [-0.3, -0.25) is 4.79 Å². The summed E-state index contributed by atoms with van der Waals surface area (Å²) < 4.78 is 4.62. The molecule has 2 rings (SSSR count). The van der Waals surface area contributed by atoms with Crippen molar-refractivity contribution < 1.29 is 9.53 Å². The van der Waals surface area contributed by atoms with Crippen LogP contribution in [0.5, 0.6) is 0 Å². The molecule has 1 N–H and O–H groups in total. The highest BCUT2D eigenvalue weighted by Crippen LogP contribution is 2.21. The molecule has 0 atom stereocenters. The van der Waals surface area contributed by atoms with E-state index in [1.807, 2.05) is 0 Å². The number of hydrogen-bond acceptors (Lipinski definition) is 3. The molecule has 1 heterocycles. The molecule has 0 aromatic carbocycles. The average Bonchev–Trinajstić information content (AvgIpc) is 2.28. The predicted molar refractivity (Wildman–Crippen MR) is 55.0 cm³/mol. The zero-order valence-electron chi connectivity index (χ0n) is 8.63. The monoisotopic (exact) mass is 207 g/mol. The molecular formula is C11H13NO3. The van der Waals surface area contributed by atoms with Crippen molar-refractivity contribution >= 4 is 5.97 Å². The molecule has 0 unspecified atom stereocenters. The number of pyridine rings is 1. The number of fused-ring (bicyclic) bond motifs is 1. The minimum Gasteiger partial charge on any atom is -0.465 e. The van der Waals surface area contributed by atoms with Gasteiger partial charge in [0, 0.05) is 6.20 Å². The second-order valence-electron chi connectivity index (χ2n) is 3.70. The fourth-order valence-electron chi connectivity index (χ4n) is 2.05. The summed E-state index contributed by atoms with van der Waals surface area (Å²) in [6.07, 6.45) is 5.57. The van der Waals surface area contributed by atoms with Crippen LogP contribution in [0.15, 0.2) is 11.0 Å². The molecule has 0 amide bonds. The van der Waals surface area contributed by atoms with Crippen LogP contribution in [0.25, 0.3) is 0 Å². The molecule has 0 saturated carbocycles. The summed E-state index contributed by atoms with van der Waals surface area (Å²) in [6, 6.07) is 0. The minimum atomic E-state index is -0.532. The van der Waals surface area contributed by atoms with E-state index in [0.29, 0.717) is 0 Å². The third-order valence-electron chi connectivity index (χ3n) is 2.81. The lowest BCUT2D eigenvalue weighted by atomic mass is 9.90. The molecule has 0 radical (unpaired) electrons. The molecule has 4 nitrogen and oxygen atoms in total. The van der Waals surface area contributed by atoms with Crippen molar-refractivity contribution in [3.8, 4) is 0 Å². The number of hydrogen-bond donors (Lipinski definition) is 1. The van der Waals surface area contributed by atoms with E-state index in [9.17, 15) is 9.59 Å². The molecule has 4 heteroatoms. The van der Waals surface area contributed by atoms with Crippen LogP contribution in [0.3, 0.4) is 0 Å². The SMILES string of the molecule is COC(=O)c1c2c(c[nH]c1=O)CCCC2. The normalized spacial score (nSPS) is 14.5. The van der Waals surface area contributed by atoms with Crippen LogP contribution in [-0.2, 0) is 17.6 Å². The number of ether oxygens (including phenoxy) is 1. The number of aromatic nitrogens is 1. The lowest BCUT2D eigenvalue weighted by molar-refractivity contribution is 0.0597. The molecule has 0 saturated heterocycles. The van der Waals surface area contributed by atoms with E-state index in [-0.39, 0.29) is 11.1 Å². The number of aromatic amines is 1. The number of carbonyl (C=O) groups excluding carboxylic acids is 1. The highest BCUT2D eigenvalue weighted by atomic mass is 16.5. The molecule has 0 aliphatic heterocycles. The van der Waals surface area contributed by atoms with Crippen molar-refractivity contribution in [1.29, 1.82) is 0 Å². The number of aryl methyl sites for hydroxylation is 1. The van der Waals surface area contributed by atoms with Gasteiger partial charge in [-0.1, -0.05) is 0 Å². The van der Waals surface area contributed by atoms with Crippen LogP contribution in [0.4, 0.5) is 0 Å². The van der Waals surface area contributed by atoms with Crippen molar-refractivity contribution in [1.82, 2.24) is 4.98 Å². The summed E-state index contributed by atoms with van der Waals surface area (Å²) in [4.78, 5) is 25.6. The van der Waals surface area contributed by atoms with Gasteiger partial charge in [-0.15, -0.1) is 0 Å². The van der Waals surface area contributed by atoms with E-state index in [0.717, 1.165) is 36.8 Å². The topological polar surface area (TPSA) is 59.2 Å². The van der Waals surface area contributed by atoms with Crippen LogP contribution in [-0.4, -0.2) is 18.1 Å². The molecule has 1 aromatic rings. The zero-order valence-corrected chi connectivity index (χ0v) is 8.63. The van der Waals surface area contributed by atoms with E-state index in [4.69, 9.17) is 0 Å². The Bertz CT molecular complexity index is 448. The van der Waals surface area contributed by atoms with Gasteiger partial charge in [0.15, 0.2) is 0 Å². The van der Waals surface area contributed by atoms with Gasteiger partial charge in [-0.05, 0) is 36.8 Å². The van der Waals surface area contributed by atoms with Crippen molar-refractivity contribution in [2.45, 2.75) is 25.7 Å². The van der Waals surface area contributed by atoms with E-state index in [2.05, 4.69) is 9.72 Å². The summed E-state index contributed by atoms with van der Waals surface area (Å²) in [5, 5.41) is 0. The second-order valence-corrected chi connectivity index (χ2v) is 3.70. The van der Waals surface area contributed by atoms with Gasteiger partial charge in [0.1, 0.15) is 5.56 Å². The zero-order chi connectivity index (χ0) is 10.8. The van der Waals surface area contributed by atoms with Crippen LogP contribution in [0.1, 0.15) is 34.3 Å². The summed E-state index contributed by atoms with van der Waals surface area (Å²) in [5.41, 5.74) is 1.79. The highest BCUT2D eigenvalue weighted by molar-refractivity contribution is 5.91. The first kappa shape index (κ1) is 9.96. The Morgan fingerprint density at radius 3 is 2.87 bits per heavy atom. The highest BCUT2D eigenvalue weighted by Gasteiger charge is 2.21. The molecule has 15 heavy (non-hydrogen) atoms. The average molecular weight is 207 g/mol. The van der Waals surface area contributed by atoms with Crippen molar-refractivity contribution in [3.05, 3.63) is 33.2 Å². The Balaban J connectivity index is 2.60. The fraction of sp³-hybridized carbons (Fsp3) is 0.455. The summed E-state index contributed by atoms with van der Waals surface area (Å²) in [5.74, 6) is -0.532. The Morgan fingerprint density at radius 1 is 1.40 bits per heavy atom. The third kappa shape index (κ3) is 1.67. The fourth-order valence-corrected chi connectivity index (χ4v) is 2.05. The van der Waals surface area contributed by atoms with E-state index in [1.165, 1.54) is 7.11 Å². The van der Waals surface area contributed by atoms with Crippen molar-refractivity contribution in [3.63, 3.8) is 0 Å². The Kier molecular flexibility index (Phi) is 2.58. The van der Waals surface area contributed by atoms with Crippen LogP contribution in [0.2, 0.25) is 0 Å². The van der Waals surface area contributed by atoms with Gasteiger partial charge in [-0.2, -0.15) is 0 Å². The van der Waals surface area contributed by atoms with E-state index < -0.39 is 5.97 Å². The minimum absolute atomic E-state index is 0.190. The van der Waals surface area contributed by atoms with Gasteiger partial charge in [-0.25, -0.2) is 4.79 Å². The summed E-state index contributed by atoms with van der Waals surface area (Å²) in [6.45, 7) is 0. The Hall–Kier alpha value is -1.58. The predicted octanol–water partition coefficient (Wildman–Crippen LogP) is 1.04. The maximum Gasteiger partial charge on any atom is 0.343 e. The standard InChI is InChI=1S/C11H13NO3/c1-15-11(14)9-8-5-3-2-4-7(8)6-12-10(9)13/h6H,2-5H2,1H3,(H,12,13). The number of methoxy groups -OCH3 is 1. The van der Waals surface area contributed by atoms with Gasteiger partial charge < -0.3 is 9.72 Å². The number of nitrogens with one attached hydrogen (secondary N) is 1. The van der Waals surface area contributed by atoms with Crippen molar-refractivity contribution in [2.75, 3.05) is 7.11 Å². The third-order valence-corrected chi connectivity index (χ3v) is 2.81. The van der Waals surface area contributed by atoms with Gasteiger partial charge >= 0.3 is 5.97 Å². The molecular weight excluding hydrogens is 194 g/mol. The molecule has 80 valence electrons. The van der Waals surface area contributed by atoms with E-state index >= 15 is 0 Å². The number of rotatable bonds is 1. The first-order valence-electron chi connectivity index (χ1n) is 5.06. The Morgan fingerprint density at radius 2 is 2.13 bits per heavy atom. The molecule has 1 aliphatic carbocycles. The van der Waals surface area contributed by atoms with Gasteiger partial charge in [0.25, 0.3) is 5.56 Å². The second kappa shape index (κ2) is 3.88. The largest absolute Gasteiger partial charge is 0.465 e. The lowest BCUT2D eigenvalue weighted by Gasteiger charge is -2.17. The van der Waals surface area contributed by atoms with Crippen molar-refractivity contribution in [2.24, 2.45) is 0 Å². The maximum atomic E-state index is 11.5. The number of esters is 1. The smallest absolute Gasteiger partial charge is 0.343 e. The van der Waals surface area contributed by atoms with Gasteiger partial charge in [0.05, 0.1) is 7.11 Å². The summed E-state index contributed by atoms with van der Waals surface area (Å²) >= 11 is 0. The molecule has 1 aromatic heterocycles. The van der Waals surface area contributed by atoms with E-state index in [1.54, 1.807) is 6.20 Å². The molecule has 0 spiro atoms. The lowest BCUT2D eigenvalue weighted by Crippen LogP contribution is -2.24. The van der Waals surface area contributed by atoms with Crippen LogP contribution < -0.4 is 5.56 Å². The molecule has 0 bridgehead atoms.